The Hall–Kier alpha value is -4.16. The minimum absolute atomic E-state index is 0.00938. The summed E-state index contributed by atoms with van der Waals surface area (Å²) in [6, 6.07) is 2.18. The van der Waals surface area contributed by atoms with Crippen molar-refractivity contribution >= 4 is 23.9 Å². The Morgan fingerprint density at radius 3 is 2.40 bits per heavy atom. The zero-order valence-electron chi connectivity index (χ0n) is 15.9. The number of rotatable bonds is 8. The minimum atomic E-state index is -1.24. The first-order valence-electron chi connectivity index (χ1n) is 8.65. The Kier molecular flexibility index (Phi) is 7.67. The molecule has 0 fully saturated rings. The highest BCUT2D eigenvalue weighted by atomic mass is 16.4. The molecule has 0 saturated carbocycles. The van der Waals surface area contributed by atoms with E-state index < -0.39 is 24.1 Å². The Morgan fingerprint density at radius 2 is 1.83 bits per heavy atom. The summed E-state index contributed by atoms with van der Waals surface area (Å²) >= 11 is 0. The summed E-state index contributed by atoms with van der Waals surface area (Å²) < 4.78 is 3.73. The predicted octanol–water partition coefficient (Wildman–Crippen LogP) is 0.590. The van der Waals surface area contributed by atoms with Gasteiger partial charge in [0.2, 0.25) is 6.04 Å². The molecular weight excluding hydrogens is 398 g/mol. The number of aromatic nitrogens is 3. The first-order valence-corrected chi connectivity index (χ1v) is 8.65. The average molecular weight is 418 g/mol. The van der Waals surface area contributed by atoms with Gasteiger partial charge < -0.3 is 19.9 Å². The number of amidine groups is 1. The molecule has 2 aromatic heterocycles. The van der Waals surface area contributed by atoms with Gasteiger partial charge in [-0.2, -0.15) is 9.91 Å². The predicted molar refractivity (Wildman–Crippen MR) is 99.8 cm³/mol. The van der Waals surface area contributed by atoms with Crippen LogP contribution in [0.2, 0.25) is 0 Å². The topological polar surface area (TPSA) is 175 Å². The van der Waals surface area contributed by atoms with Crippen LogP contribution in [0.25, 0.3) is 0 Å². The smallest absolute Gasteiger partial charge is 0.481 e. The Morgan fingerprint density at radius 1 is 1.13 bits per heavy atom. The van der Waals surface area contributed by atoms with E-state index in [9.17, 15) is 19.5 Å². The van der Waals surface area contributed by atoms with Gasteiger partial charge in [-0.3, -0.25) is 4.79 Å². The molecule has 2 aromatic rings. The molecular formula is C17H20N7O6+. The molecule has 0 aliphatic rings. The third kappa shape index (κ3) is 6.78. The third-order valence-corrected chi connectivity index (χ3v) is 3.76. The highest BCUT2D eigenvalue weighted by molar-refractivity contribution is 5.79. The highest BCUT2D eigenvalue weighted by Gasteiger charge is 2.26. The molecule has 13 nitrogen and oxygen atoms in total. The highest BCUT2D eigenvalue weighted by Crippen LogP contribution is 2.00. The van der Waals surface area contributed by atoms with Crippen molar-refractivity contribution in [3.8, 4) is 0 Å². The largest absolute Gasteiger partial charge is 0.509 e. The molecule has 30 heavy (non-hydrogen) atoms. The summed E-state index contributed by atoms with van der Waals surface area (Å²) in [4.78, 5) is 32.9. The fourth-order valence-electron chi connectivity index (χ4n) is 2.23. The fraction of sp³-hybridized carbons (Fsp3) is 0.294. The van der Waals surface area contributed by atoms with Gasteiger partial charge in [0.15, 0.2) is 5.84 Å². The van der Waals surface area contributed by atoms with Crippen molar-refractivity contribution in [3.05, 3.63) is 48.6 Å². The molecule has 0 aromatic carbocycles. The fourth-order valence-corrected chi connectivity index (χ4v) is 2.23. The lowest BCUT2D eigenvalue weighted by atomic mass is 10.3. The van der Waals surface area contributed by atoms with E-state index in [1.54, 1.807) is 29.1 Å². The molecule has 2 rings (SSSR count). The summed E-state index contributed by atoms with van der Waals surface area (Å²) in [7, 11) is 0. The van der Waals surface area contributed by atoms with E-state index in [1.165, 1.54) is 23.9 Å². The van der Waals surface area contributed by atoms with Crippen molar-refractivity contribution in [1.82, 2.24) is 9.13 Å². The lowest BCUT2D eigenvalue weighted by Gasteiger charge is -2.04. The van der Waals surface area contributed by atoms with Crippen molar-refractivity contribution in [2.75, 3.05) is 6.54 Å². The number of hydrogen-bond donors (Lipinski definition) is 3. The van der Waals surface area contributed by atoms with Gasteiger partial charge in [0.05, 0.1) is 11.8 Å². The second-order valence-electron chi connectivity index (χ2n) is 6.01. The summed E-state index contributed by atoms with van der Waals surface area (Å²) in [6.07, 6.45) is 5.78. The van der Waals surface area contributed by atoms with Gasteiger partial charge in [-0.05, 0) is 19.1 Å². The van der Waals surface area contributed by atoms with E-state index >= 15 is 0 Å². The first kappa shape index (κ1) is 22.1. The van der Waals surface area contributed by atoms with E-state index in [4.69, 9.17) is 10.2 Å². The molecule has 0 bridgehead atoms. The number of imidazole rings is 1. The quantitative estimate of drug-likeness (QED) is 0.186. The van der Waals surface area contributed by atoms with Crippen molar-refractivity contribution in [1.29, 1.82) is 0 Å². The van der Waals surface area contributed by atoms with E-state index in [2.05, 4.69) is 20.4 Å². The van der Waals surface area contributed by atoms with Gasteiger partial charge in [0, 0.05) is 18.9 Å². The summed E-state index contributed by atoms with van der Waals surface area (Å²) in [5, 5.41) is 42.9. The molecule has 0 radical (unpaired) electrons. The maximum absolute atomic E-state index is 11.4. The third-order valence-electron chi connectivity index (χ3n) is 3.76. The van der Waals surface area contributed by atoms with Crippen LogP contribution in [0.4, 0.5) is 4.79 Å². The molecule has 1 unspecified atom stereocenters. The number of hydrogen-bond acceptors (Lipinski definition) is 6. The van der Waals surface area contributed by atoms with Crippen molar-refractivity contribution in [3.63, 3.8) is 0 Å². The van der Waals surface area contributed by atoms with E-state index in [1.807, 2.05) is 0 Å². The van der Waals surface area contributed by atoms with Crippen LogP contribution in [0.1, 0.15) is 19.4 Å². The summed E-state index contributed by atoms with van der Waals surface area (Å²) in [5.41, 5.74) is 0. The van der Waals surface area contributed by atoms with E-state index in [-0.39, 0.29) is 18.8 Å². The number of pyridine rings is 1. The minimum Gasteiger partial charge on any atom is -0.481 e. The maximum Gasteiger partial charge on any atom is 0.509 e. The van der Waals surface area contributed by atoms with Gasteiger partial charge >= 0.3 is 18.0 Å². The number of carboxylic acids is 2. The number of azo groups is 1. The molecule has 0 aliphatic heterocycles. The number of nitrogens with zero attached hydrogens (tertiary/aromatic N) is 7. The van der Waals surface area contributed by atoms with Crippen LogP contribution in [0.5, 0.6) is 0 Å². The maximum atomic E-state index is 11.4. The number of aliphatic carboxylic acids is 2. The number of aryl methyl sites for hydroxylation is 1. The van der Waals surface area contributed by atoms with Gasteiger partial charge in [0.1, 0.15) is 18.9 Å². The molecule has 0 saturated heterocycles. The Balaban J connectivity index is 2.00. The zero-order valence-corrected chi connectivity index (χ0v) is 15.9. The average Bonchev–Trinajstić information content (AvgIpc) is 3.18. The van der Waals surface area contributed by atoms with Crippen molar-refractivity contribution in [2.45, 2.75) is 25.9 Å². The Bertz CT molecular complexity index is 1030. The molecule has 1 atom stereocenters. The van der Waals surface area contributed by atoms with Crippen LogP contribution in [-0.4, -0.2) is 54.9 Å². The molecule has 0 amide bonds. The van der Waals surface area contributed by atoms with Gasteiger partial charge in [-0.25, -0.2) is 9.36 Å². The monoisotopic (exact) mass is 418 g/mol. The second-order valence-corrected chi connectivity index (χ2v) is 6.01. The van der Waals surface area contributed by atoms with Crippen LogP contribution in [0, 0.1) is 0 Å². The van der Waals surface area contributed by atoms with E-state index in [0.717, 1.165) is 10.9 Å². The van der Waals surface area contributed by atoms with Gasteiger partial charge in [-0.1, -0.05) is 0 Å². The van der Waals surface area contributed by atoms with Crippen LogP contribution < -0.4 is 9.92 Å². The van der Waals surface area contributed by atoms with Gasteiger partial charge in [-0.15, -0.1) is 19.9 Å². The molecule has 158 valence electrons. The lowest BCUT2D eigenvalue weighted by molar-refractivity contribution is -0.707. The molecule has 0 spiro atoms. The molecule has 0 aliphatic carbocycles. The Labute approximate surface area is 169 Å². The summed E-state index contributed by atoms with van der Waals surface area (Å²) in [5.74, 6) is -1.89. The lowest BCUT2D eigenvalue weighted by Crippen LogP contribution is -2.44. The zero-order chi connectivity index (χ0) is 22.1. The van der Waals surface area contributed by atoms with Crippen LogP contribution in [-0.2, 0) is 16.1 Å². The second kappa shape index (κ2) is 10.4. The van der Waals surface area contributed by atoms with E-state index in [0.29, 0.717) is 11.9 Å². The normalized spacial score (nSPS) is 12.6. The van der Waals surface area contributed by atoms with Crippen LogP contribution in [0.15, 0.2) is 63.7 Å². The van der Waals surface area contributed by atoms with Crippen molar-refractivity contribution in [2.24, 2.45) is 20.4 Å². The number of carbonyl (C=O) groups is 3. The SMILES string of the molecule is CC(N=NCC(C(=O)O)[n+]1ccn(C(=O)O)c1)=NN=c1ccn(CCC(=O)O)cc1. The molecule has 3 N–H and O–H groups in total. The molecule has 13 heteroatoms. The van der Waals surface area contributed by atoms with Crippen molar-refractivity contribution < 1.29 is 34.3 Å². The number of carboxylic acid groups (broad SMARTS) is 3. The summed E-state index contributed by atoms with van der Waals surface area (Å²) in [6.45, 7) is 1.64. The van der Waals surface area contributed by atoms with Crippen LogP contribution in [0.3, 0.4) is 0 Å². The van der Waals surface area contributed by atoms with Crippen LogP contribution >= 0.6 is 0 Å². The molecule has 2 heterocycles. The standard InChI is InChI=1S/C17H19N7O6/c1-12(20-21-13-2-5-22(6-3-13)7-4-15(25)26)19-18-10-14(16(27)28)23-8-9-24(11-23)17(29)30/h2-3,5-6,8-9,11,14H,4,7,10H2,1H3,(H2-,25,26,27,28,29,30)/p+1. The van der Waals surface area contributed by atoms with Gasteiger partial charge in [0.25, 0.3) is 6.33 Å². The first-order chi connectivity index (χ1) is 14.3.